The maximum atomic E-state index is 14.0. The SMILES string of the molecule is OCC1CN(c2ccccc2)C(c2ccccc2F)O1. The van der Waals surface area contributed by atoms with E-state index in [0.29, 0.717) is 12.1 Å². The van der Waals surface area contributed by atoms with Crippen LogP contribution < -0.4 is 4.90 Å². The summed E-state index contributed by atoms with van der Waals surface area (Å²) in [6.45, 7) is 0.466. The second-order valence-electron chi connectivity index (χ2n) is 4.80. The van der Waals surface area contributed by atoms with Gasteiger partial charge in [0.15, 0.2) is 6.23 Å². The van der Waals surface area contributed by atoms with Crippen LogP contribution in [0.1, 0.15) is 11.8 Å². The molecule has 1 aliphatic rings. The van der Waals surface area contributed by atoms with Crippen molar-refractivity contribution < 1.29 is 14.2 Å². The van der Waals surface area contributed by atoms with Crippen molar-refractivity contribution in [3.8, 4) is 0 Å². The largest absolute Gasteiger partial charge is 0.394 e. The maximum absolute atomic E-state index is 14.0. The molecule has 0 radical (unpaired) electrons. The van der Waals surface area contributed by atoms with Gasteiger partial charge in [0.2, 0.25) is 0 Å². The Hall–Kier alpha value is -1.91. The highest BCUT2D eigenvalue weighted by Gasteiger charge is 2.35. The van der Waals surface area contributed by atoms with Crippen LogP contribution in [0, 0.1) is 5.82 Å². The summed E-state index contributed by atoms with van der Waals surface area (Å²) in [4.78, 5) is 1.97. The molecule has 20 heavy (non-hydrogen) atoms. The first-order valence-corrected chi connectivity index (χ1v) is 6.62. The van der Waals surface area contributed by atoms with Crippen LogP contribution >= 0.6 is 0 Å². The Bertz CT molecular complexity index is 576. The van der Waals surface area contributed by atoms with Crippen LogP contribution in [0.2, 0.25) is 0 Å². The summed E-state index contributed by atoms with van der Waals surface area (Å²) < 4.78 is 19.8. The normalized spacial score (nSPS) is 22.2. The van der Waals surface area contributed by atoms with Crippen LogP contribution in [-0.4, -0.2) is 24.4 Å². The van der Waals surface area contributed by atoms with Crippen LogP contribution in [0.3, 0.4) is 0 Å². The topological polar surface area (TPSA) is 32.7 Å². The van der Waals surface area contributed by atoms with Gasteiger partial charge in [0, 0.05) is 17.8 Å². The van der Waals surface area contributed by atoms with Crippen LogP contribution in [0.4, 0.5) is 10.1 Å². The number of halogens is 1. The quantitative estimate of drug-likeness (QED) is 0.933. The van der Waals surface area contributed by atoms with E-state index in [4.69, 9.17) is 4.74 Å². The highest BCUT2D eigenvalue weighted by molar-refractivity contribution is 5.49. The summed E-state index contributed by atoms with van der Waals surface area (Å²) >= 11 is 0. The third kappa shape index (κ3) is 2.40. The van der Waals surface area contributed by atoms with E-state index in [2.05, 4.69) is 0 Å². The van der Waals surface area contributed by atoms with E-state index in [1.54, 1.807) is 18.2 Å². The molecule has 0 bridgehead atoms. The van der Waals surface area contributed by atoms with Gasteiger partial charge in [-0.25, -0.2) is 4.39 Å². The minimum absolute atomic E-state index is 0.0751. The summed E-state index contributed by atoms with van der Waals surface area (Å²) in [5, 5.41) is 9.32. The maximum Gasteiger partial charge on any atom is 0.159 e. The Kier molecular flexibility index (Phi) is 3.67. The minimum atomic E-state index is -0.504. The molecule has 2 aromatic carbocycles. The van der Waals surface area contributed by atoms with Crippen molar-refractivity contribution in [2.75, 3.05) is 18.1 Å². The first kappa shape index (κ1) is 13.1. The van der Waals surface area contributed by atoms with Crippen molar-refractivity contribution in [2.24, 2.45) is 0 Å². The fourth-order valence-electron chi connectivity index (χ4n) is 2.49. The van der Waals surface area contributed by atoms with E-state index in [9.17, 15) is 9.50 Å². The van der Waals surface area contributed by atoms with Crippen LogP contribution in [0.5, 0.6) is 0 Å². The highest BCUT2D eigenvalue weighted by atomic mass is 19.1. The van der Waals surface area contributed by atoms with Gasteiger partial charge in [-0.05, 0) is 18.2 Å². The number of ether oxygens (including phenoxy) is 1. The molecule has 0 saturated carbocycles. The molecule has 3 nitrogen and oxygen atoms in total. The molecule has 1 aliphatic heterocycles. The molecular formula is C16H16FNO2. The minimum Gasteiger partial charge on any atom is -0.394 e. The lowest BCUT2D eigenvalue weighted by Gasteiger charge is -2.25. The molecule has 1 saturated heterocycles. The predicted octanol–water partition coefficient (Wildman–Crippen LogP) is 2.72. The molecule has 1 heterocycles. The Labute approximate surface area is 117 Å². The van der Waals surface area contributed by atoms with E-state index < -0.39 is 6.23 Å². The van der Waals surface area contributed by atoms with Gasteiger partial charge in [-0.1, -0.05) is 36.4 Å². The Morgan fingerprint density at radius 1 is 1.10 bits per heavy atom. The lowest BCUT2D eigenvalue weighted by Crippen LogP contribution is -2.25. The first-order chi connectivity index (χ1) is 9.79. The van der Waals surface area contributed by atoms with E-state index in [1.165, 1.54) is 6.07 Å². The van der Waals surface area contributed by atoms with Gasteiger partial charge in [0.25, 0.3) is 0 Å². The Morgan fingerprint density at radius 2 is 1.80 bits per heavy atom. The second-order valence-corrected chi connectivity index (χ2v) is 4.80. The smallest absolute Gasteiger partial charge is 0.159 e. The van der Waals surface area contributed by atoms with Gasteiger partial charge in [-0.15, -0.1) is 0 Å². The standard InChI is InChI=1S/C16H16FNO2/c17-15-9-5-4-8-14(15)16-18(10-13(11-19)20-16)12-6-2-1-3-7-12/h1-9,13,16,19H,10-11H2. The third-order valence-corrected chi connectivity index (χ3v) is 3.47. The molecule has 0 aliphatic carbocycles. The number of para-hydroxylation sites is 1. The van der Waals surface area contributed by atoms with Crippen LogP contribution in [-0.2, 0) is 4.74 Å². The second kappa shape index (κ2) is 5.61. The zero-order valence-electron chi connectivity index (χ0n) is 10.9. The predicted molar refractivity (Wildman–Crippen MR) is 74.9 cm³/mol. The molecule has 1 fully saturated rings. The van der Waals surface area contributed by atoms with Crippen molar-refractivity contribution in [3.05, 3.63) is 66.0 Å². The molecule has 2 atom stereocenters. The van der Waals surface area contributed by atoms with Crippen LogP contribution in [0.15, 0.2) is 54.6 Å². The fraction of sp³-hybridized carbons (Fsp3) is 0.250. The summed E-state index contributed by atoms with van der Waals surface area (Å²) in [6.07, 6.45) is -0.810. The number of nitrogens with zero attached hydrogens (tertiary/aromatic N) is 1. The lowest BCUT2D eigenvalue weighted by molar-refractivity contribution is 0.0133. The Morgan fingerprint density at radius 3 is 2.50 bits per heavy atom. The molecule has 2 aromatic rings. The summed E-state index contributed by atoms with van der Waals surface area (Å²) in [5.41, 5.74) is 1.45. The van der Waals surface area contributed by atoms with Gasteiger partial charge in [0.1, 0.15) is 11.9 Å². The van der Waals surface area contributed by atoms with E-state index in [0.717, 1.165) is 5.69 Å². The zero-order valence-corrected chi connectivity index (χ0v) is 10.9. The summed E-state index contributed by atoms with van der Waals surface area (Å²) in [7, 11) is 0. The van der Waals surface area contributed by atoms with E-state index >= 15 is 0 Å². The molecule has 3 rings (SSSR count). The van der Waals surface area contributed by atoms with E-state index in [-0.39, 0.29) is 18.5 Å². The van der Waals surface area contributed by atoms with Crippen LogP contribution in [0.25, 0.3) is 0 Å². The molecule has 1 N–H and O–H groups in total. The number of aliphatic hydroxyl groups excluding tert-OH is 1. The van der Waals surface area contributed by atoms with Crippen molar-refractivity contribution in [1.29, 1.82) is 0 Å². The lowest BCUT2D eigenvalue weighted by atomic mass is 10.1. The zero-order chi connectivity index (χ0) is 13.9. The van der Waals surface area contributed by atoms with Crippen molar-refractivity contribution in [2.45, 2.75) is 12.3 Å². The molecule has 0 amide bonds. The van der Waals surface area contributed by atoms with Gasteiger partial charge < -0.3 is 14.7 Å². The van der Waals surface area contributed by atoms with E-state index in [1.807, 2.05) is 35.2 Å². The molecule has 2 unspecified atom stereocenters. The van der Waals surface area contributed by atoms with Gasteiger partial charge in [-0.2, -0.15) is 0 Å². The molecule has 104 valence electrons. The number of anilines is 1. The number of benzene rings is 2. The first-order valence-electron chi connectivity index (χ1n) is 6.62. The van der Waals surface area contributed by atoms with Gasteiger partial charge >= 0.3 is 0 Å². The number of hydrogen-bond donors (Lipinski definition) is 1. The molecule has 0 aromatic heterocycles. The number of rotatable bonds is 3. The molecule has 4 heteroatoms. The Balaban J connectivity index is 1.97. The molecular weight excluding hydrogens is 257 g/mol. The van der Waals surface area contributed by atoms with Crippen molar-refractivity contribution in [3.63, 3.8) is 0 Å². The van der Waals surface area contributed by atoms with Crippen molar-refractivity contribution >= 4 is 5.69 Å². The third-order valence-electron chi connectivity index (χ3n) is 3.47. The summed E-state index contributed by atoms with van der Waals surface area (Å²) in [6, 6.07) is 16.3. The monoisotopic (exact) mass is 273 g/mol. The highest BCUT2D eigenvalue weighted by Crippen LogP contribution is 2.35. The van der Waals surface area contributed by atoms with Gasteiger partial charge in [-0.3, -0.25) is 0 Å². The fourth-order valence-corrected chi connectivity index (χ4v) is 2.49. The van der Waals surface area contributed by atoms with Crippen molar-refractivity contribution in [1.82, 2.24) is 0 Å². The summed E-state index contributed by atoms with van der Waals surface area (Å²) in [5.74, 6) is -0.294. The van der Waals surface area contributed by atoms with Gasteiger partial charge in [0.05, 0.1) is 6.61 Å². The molecule has 0 spiro atoms. The average molecular weight is 273 g/mol. The number of hydrogen-bond acceptors (Lipinski definition) is 3. The average Bonchev–Trinajstić information content (AvgIpc) is 2.93. The number of aliphatic hydroxyl groups is 1.